The summed E-state index contributed by atoms with van der Waals surface area (Å²) in [6, 6.07) is 8.55. The summed E-state index contributed by atoms with van der Waals surface area (Å²) in [6.07, 6.45) is 2.67. The summed E-state index contributed by atoms with van der Waals surface area (Å²) in [4.78, 5) is 0. The normalized spacial score (nSPS) is 12.4. The molecule has 1 heterocycles. The number of nitrogens with one attached hydrogen (secondary N) is 1. The van der Waals surface area contributed by atoms with Crippen molar-refractivity contribution in [3.63, 3.8) is 0 Å². The van der Waals surface area contributed by atoms with E-state index in [4.69, 9.17) is 9.15 Å². The Hall–Kier alpha value is -1.74. The van der Waals surface area contributed by atoms with Gasteiger partial charge in [0.1, 0.15) is 11.5 Å². The first-order valence-corrected chi connectivity index (χ1v) is 7.15. The molecule has 0 radical (unpaired) electrons. The lowest BCUT2D eigenvalue weighted by Gasteiger charge is -2.19. The Labute approximate surface area is 121 Å². The molecule has 2 rings (SSSR count). The van der Waals surface area contributed by atoms with E-state index in [1.807, 2.05) is 6.07 Å². The first kappa shape index (κ1) is 14.7. The van der Waals surface area contributed by atoms with Crippen LogP contribution in [-0.2, 0) is 6.42 Å². The molecule has 0 saturated heterocycles. The SMILES string of the molecule is CCNC(c1ccc(OC)c(C)c1)c1ccoc1CC. The standard InChI is InChI=1S/C17H23NO2/c1-5-15-14(9-10-20-15)17(18-6-2)13-7-8-16(19-4)12(3)11-13/h7-11,17-18H,5-6H2,1-4H3. The Balaban J connectivity index is 2.40. The molecule has 1 atom stereocenters. The molecular formula is C17H23NO2. The van der Waals surface area contributed by atoms with Crippen LogP contribution >= 0.6 is 0 Å². The maximum absolute atomic E-state index is 5.57. The number of hydrogen-bond donors (Lipinski definition) is 1. The molecule has 1 N–H and O–H groups in total. The van der Waals surface area contributed by atoms with Crippen molar-refractivity contribution in [3.05, 3.63) is 53.0 Å². The number of ether oxygens (including phenoxy) is 1. The molecule has 2 aromatic rings. The minimum atomic E-state index is 0.165. The molecule has 108 valence electrons. The van der Waals surface area contributed by atoms with Gasteiger partial charge in [-0.05, 0) is 36.7 Å². The van der Waals surface area contributed by atoms with Gasteiger partial charge in [-0.25, -0.2) is 0 Å². The third-order valence-corrected chi connectivity index (χ3v) is 3.57. The molecule has 0 saturated carbocycles. The Morgan fingerprint density at radius 1 is 1.25 bits per heavy atom. The van der Waals surface area contributed by atoms with Crippen LogP contribution in [0.3, 0.4) is 0 Å². The largest absolute Gasteiger partial charge is 0.496 e. The van der Waals surface area contributed by atoms with E-state index in [1.165, 1.54) is 11.1 Å². The predicted molar refractivity (Wildman–Crippen MR) is 81.3 cm³/mol. The minimum Gasteiger partial charge on any atom is -0.496 e. The topological polar surface area (TPSA) is 34.4 Å². The van der Waals surface area contributed by atoms with Crippen LogP contribution in [0.25, 0.3) is 0 Å². The average Bonchev–Trinajstić information content (AvgIpc) is 2.92. The van der Waals surface area contributed by atoms with E-state index in [1.54, 1.807) is 13.4 Å². The van der Waals surface area contributed by atoms with Crippen molar-refractivity contribution in [2.75, 3.05) is 13.7 Å². The number of rotatable bonds is 6. The highest BCUT2D eigenvalue weighted by molar-refractivity contribution is 5.41. The van der Waals surface area contributed by atoms with Crippen LogP contribution in [-0.4, -0.2) is 13.7 Å². The molecule has 3 nitrogen and oxygen atoms in total. The average molecular weight is 273 g/mol. The van der Waals surface area contributed by atoms with Crippen LogP contribution in [0.1, 0.15) is 42.3 Å². The van der Waals surface area contributed by atoms with Crippen molar-refractivity contribution in [1.82, 2.24) is 5.32 Å². The monoisotopic (exact) mass is 273 g/mol. The lowest BCUT2D eigenvalue weighted by molar-refractivity contribution is 0.411. The number of furan rings is 1. The number of methoxy groups -OCH3 is 1. The van der Waals surface area contributed by atoms with Crippen molar-refractivity contribution in [2.45, 2.75) is 33.2 Å². The van der Waals surface area contributed by atoms with Gasteiger partial charge in [-0.1, -0.05) is 26.0 Å². The molecule has 0 bridgehead atoms. The summed E-state index contributed by atoms with van der Waals surface area (Å²) in [5, 5.41) is 3.54. The van der Waals surface area contributed by atoms with Gasteiger partial charge in [-0.2, -0.15) is 0 Å². The zero-order chi connectivity index (χ0) is 14.5. The minimum absolute atomic E-state index is 0.165. The van der Waals surface area contributed by atoms with E-state index >= 15 is 0 Å². The zero-order valence-electron chi connectivity index (χ0n) is 12.7. The molecule has 1 aromatic carbocycles. The second-order valence-electron chi connectivity index (χ2n) is 4.87. The van der Waals surface area contributed by atoms with Crippen molar-refractivity contribution in [3.8, 4) is 5.75 Å². The third kappa shape index (κ3) is 2.88. The van der Waals surface area contributed by atoms with Crippen LogP contribution < -0.4 is 10.1 Å². The Morgan fingerprint density at radius 2 is 2.05 bits per heavy atom. The van der Waals surface area contributed by atoms with Crippen molar-refractivity contribution >= 4 is 0 Å². The summed E-state index contributed by atoms with van der Waals surface area (Å²) >= 11 is 0. The highest BCUT2D eigenvalue weighted by Crippen LogP contribution is 2.29. The van der Waals surface area contributed by atoms with Crippen LogP contribution in [0, 0.1) is 6.92 Å². The molecule has 0 aliphatic heterocycles. The summed E-state index contributed by atoms with van der Waals surface area (Å²) in [5.74, 6) is 1.97. The fourth-order valence-corrected chi connectivity index (χ4v) is 2.59. The van der Waals surface area contributed by atoms with Gasteiger partial charge in [0.2, 0.25) is 0 Å². The van der Waals surface area contributed by atoms with Gasteiger partial charge in [0, 0.05) is 12.0 Å². The van der Waals surface area contributed by atoms with E-state index < -0.39 is 0 Å². The highest BCUT2D eigenvalue weighted by Gasteiger charge is 2.18. The van der Waals surface area contributed by atoms with Crippen LogP contribution in [0.2, 0.25) is 0 Å². The summed E-state index contributed by atoms with van der Waals surface area (Å²) in [6.45, 7) is 7.21. The number of benzene rings is 1. The maximum Gasteiger partial charge on any atom is 0.121 e. The Kier molecular flexibility index (Phi) is 4.85. The van der Waals surface area contributed by atoms with Gasteiger partial charge in [0.25, 0.3) is 0 Å². The van der Waals surface area contributed by atoms with Gasteiger partial charge in [0.05, 0.1) is 19.4 Å². The Bertz CT molecular complexity index is 560. The molecular weight excluding hydrogens is 250 g/mol. The molecule has 1 unspecified atom stereocenters. The molecule has 1 aromatic heterocycles. The fourth-order valence-electron chi connectivity index (χ4n) is 2.59. The summed E-state index contributed by atoms with van der Waals surface area (Å²) < 4.78 is 10.9. The van der Waals surface area contributed by atoms with Gasteiger partial charge in [0.15, 0.2) is 0 Å². The summed E-state index contributed by atoms with van der Waals surface area (Å²) in [7, 11) is 1.70. The van der Waals surface area contributed by atoms with E-state index in [0.717, 1.165) is 30.0 Å². The van der Waals surface area contributed by atoms with Gasteiger partial charge in [-0.3, -0.25) is 0 Å². The van der Waals surface area contributed by atoms with Gasteiger partial charge < -0.3 is 14.5 Å². The zero-order valence-corrected chi connectivity index (χ0v) is 12.7. The van der Waals surface area contributed by atoms with E-state index in [2.05, 4.69) is 44.3 Å². The molecule has 0 aliphatic carbocycles. The first-order chi connectivity index (χ1) is 9.71. The molecule has 0 amide bonds. The smallest absolute Gasteiger partial charge is 0.121 e. The second kappa shape index (κ2) is 6.62. The number of aryl methyl sites for hydroxylation is 2. The molecule has 0 aliphatic rings. The first-order valence-electron chi connectivity index (χ1n) is 7.15. The van der Waals surface area contributed by atoms with E-state index in [0.29, 0.717) is 0 Å². The van der Waals surface area contributed by atoms with Crippen LogP contribution in [0.5, 0.6) is 5.75 Å². The molecule has 20 heavy (non-hydrogen) atoms. The van der Waals surface area contributed by atoms with E-state index in [-0.39, 0.29) is 6.04 Å². The maximum atomic E-state index is 5.57. The fraction of sp³-hybridized carbons (Fsp3) is 0.412. The van der Waals surface area contributed by atoms with Gasteiger partial charge in [-0.15, -0.1) is 0 Å². The predicted octanol–water partition coefficient (Wildman–Crippen LogP) is 3.86. The molecule has 3 heteroatoms. The van der Waals surface area contributed by atoms with E-state index in [9.17, 15) is 0 Å². The highest BCUT2D eigenvalue weighted by atomic mass is 16.5. The summed E-state index contributed by atoms with van der Waals surface area (Å²) in [5.41, 5.74) is 3.61. The number of hydrogen-bond acceptors (Lipinski definition) is 3. The van der Waals surface area contributed by atoms with Crippen molar-refractivity contribution in [2.24, 2.45) is 0 Å². The van der Waals surface area contributed by atoms with Crippen LogP contribution in [0.15, 0.2) is 34.9 Å². The Morgan fingerprint density at radius 3 is 2.65 bits per heavy atom. The lowest BCUT2D eigenvalue weighted by atomic mass is 9.96. The van der Waals surface area contributed by atoms with Crippen molar-refractivity contribution in [1.29, 1.82) is 0 Å². The molecule has 0 spiro atoms. The van der Waals surface area contributed by atoms with Gasteiger partial charge >= 0.3 is 0 Å². The molecule has 0 fully saturated rings. The quantitative estimate of drug-likeness (QED) is 0.868. The van der Waals surface area contributed by atoms with Crippen LogP contribution in [0.4, 0.5) is 0 Å². The lowest BCUT2D eigenvalue weighted by Crippen LogP contribution is -2.22. The second-order valence-corrected chi connectivity index (χ2v) is 4.87. The van der Waals surface area contributed by atoms with Crippen molar-refractivity contribution < 1.29 is 9.15 Å². The third-order valence-electron chi connectivity index (χ3n) is 3.57.